The number of carbonyl (C=O) groups excluding carboxylic acids is 1. The highest BCUT2D eigenvalue weighted by Crippen LogP contribution is 2.12. The monoisotopic (exact) mass is 235 g/mol. The third-order valence-electron chi connectivity index (χ3n) is 1.93. The summed E-state index contributed by atoms with van der Waals surface area (Å²) in [5.74, 6) is -0.682. The first-order chi connectivity index (χ1) is 8.01. The van der Waals surface area contributed by atoms with E-state index in [2.05, 4.69) is 10.6 Å². The number of amides is 1. The summed E-state index contributed by atoms with van der Waals surface area (Å²) in [6.07, 6.45) is 0. The number of nitrogens with one attached hydrogen (secondary N) is 2. The van der Waals surface area contributed by atoms with Gasteiger partial charge in [0.05, 0.1) is 18.2 Å². The van der Waals surface area contributed by atoms with Crippen molar-refractivity contribution in [1.82, 2.24) is 5.32 Å². The molecule has 0 aliphatic carbocycles. The van der Waals surface area contributed by atoms with Crippen LogP contribution in [0.15, 0.2) is 18.2 Å². The first-order valence-corrected chi connectivity index (χ1v) is 5.25. The van der Waals surface area contributed by atoms with E-state index >= 15 is 0 Å². The number of nitrogens with zero attached hydrogens (tertiary/aromatic N) is 1. The molecule has 0 unspecified atom stereocenters. The molecule has 5 heteroatoms. The van der Waals surface area contributed by atoms with Crippen molar-refractivity contribution in [2.75, 3.05) is 11.9 Å². The minimum Gasteiger partial charge on any atom is -0.376 e. The Hall–Kier alpha value is -2.09. The third kappa shape index (κ3) is 4.51. The van der Waals surface area contributed by atoms with Gasteiger partial charge in [-0.3, -0.25) is 4.79 Å². The van der Waals surface area contributed by atoms with Crippen LogP contribution < -0.4 is 10.6 Å². The number of hydrogen-bond acceptors (Lipinski definition) is 3. The second kappa shape index (κ2) is 5.85. The molecule has 0 saturated carbocycles. The number of carbonyl (C=O) groups is 1. The molecule has 0 spiro atoms. The molecule has 0 radical (unpaired) electrons. The summed E-state index contributed by atoms with van der Waals surface area (Å²) in [4.78, 5) is 11.3. The summed E-state index contributed by atoms with van der Waals surface area (Å²) >= 11 is 0. The quantitative estimate of drug-likeness (QED) is 0.833. The molecule has 0 atom stereocenters. The molecule has 0 heterocycles. The Balaban J connectivity index is 2.61. The van der Waals surface area contributed by atoms with E-state index in [0.717, 1.165) is 6.07 Å². The van der Waals surface area contributed by atoms with Crippen molar-refractivity contribution in [2.24, 2.45) is 0 Å². The highest BCUT2D eigenvalue weighted by Gasteiger charge is 2.04. The molecule has 2 N–H and O–H groups in total. The molecule has 1 aromatic carbocycles. The number of benzene rings is 1. The molecular formula is C12H14FN3O. The van der Waals surface area contributed by atoms with Crippen LogP contribution in [-0.2, 0) is 4.79 Å². The van der Waals surface area contributed by atoms with Crippen LogP contribution in [0.1, 0.15) is 19.4 Å². The minimum absolute atomic E-state index is 0.0481. The SMILES string of the molecule is CC(C)NC(=O)CNc1cc(F)cc(C#N)c1. The molecular weight excluding hydrogens is 221 g/mol. The van der Waals surface area contributed by atoms with Crippen LogP contribution in [0.5, 0.6) is 0 Å². The summed E-state index contributed by atoms with van der Waals surface area (Å²) in [5.41, 5.74) is 0.636. The smallest absolute Gasteiger partial charge is 0.239 e. The van der Waals surface area contributed by atoms with E-state index in [-0.39, 0.29) is 24.1 Å². The molecule has 1 aromatic rings. The molecule has 0 aromatic heterocycles. The van der Waals surface area contributed by atoms with Crippen molar-refractivity contribution in [1.29, 1.82) is 5.26 Å². The Kier molecular flexibility index (Phi) is 4.46. The fraction of sp³-hybridized carbons (Fsp3) is 0.333. The molecule has 1 rings (SSSR count). The van der Waals surface area contributed by atoms with Gasteiger partial charge in [-0.15, -0.1) is 0 Å². The summed E-state index contributed by atoms with van der Waals surface area (Å²) in [5, 5.41) is 14.1. The highest BCUT2D eigenvalue weighted by molar-refractivity contribution is 5.80. The second-order valence-electron chi connectivity index (χ2n) is 3.92. The van der Waals surface area contributed by atoms with Crippen LogP contribution >= 0.6 is 0 Å². The molecule has 0 aliphatic heterocycles. The van der Waals surface area contributed by atoms with E-state index in [9.17, 15) is 9.18 Å². The average Bonchev–Trinajstić information content (AvgIpc) is 2.24. The van der Waals surface area contributed by atoms with Crippen molar-refractivity contribution >= 4 is 11.6 Å². The Bertz CT molecular complexity index is 452. The number of rotatable bonds is 4. The number of halogens is 1. The van der Waals surface area contributed by atoms with E-state index in [0.29, 0.717) is 5.69 Å². The molecule has 1 amide bonds. The van der Waals surface area contributed by atoms with Crippen LogP contribution in [0.3, 0.4) is 0 Å². The largest absolute Gasteiger partial charge is 0.376 e. The van der Waals surface area contributed by atoms with Gasteiger partial charge in [0.1, 0.15) is 5.82 Å². The summed E-state index contributed by atoms with van der Waals surface area (Å²) < 4.78 is 13.1. The zero-order chi connectivity index (χ0) is 12.8. The maximum absolute atomic E-state index is 13.1. The Morgan fingerprint density at radius 2 is 2.18 bits per heavy atom. The van der Waals surface area contributed by atoms with Gasteiger partial charge in [0.15, 0.2) is 0 Å². The lowest BCUT2D eigenvalue weighted by Gasteiger charge is -2.10. The van der Waals surface area contributed by atoms with Crippen molar-refractivity contribution in [2.45, 2.75) is 19.9 Å². The van der Waals surface area contributed by atoms with Crippen LogP contribution in [0.4, 0.5) is 10.1 Å². The van der Waals surface area contributed by atoms with Gasteiger partial charge in [0.25, 0.3) is 0 Å². The molecule has 4 nitrogen and oxygen atoms in total. The van der Waals surface area contributed by atoms with E-state index < -0.39 is 5.82 Å². The number of hydrogen-bond donors (Lipinski definition) is 2. The maximum atomic E-state index is 13.1. The topological polar surface area (TPSA) is 64.9 Å². The first kappa shape index (κ1) is 13.0. The van der Waals surface area contributed by atoms with Gasteiger partial charge in [0.2, 0.25) is 5.91 Å². The van der Waals surface area contributed by atoms with Gasteiger partial charge >= 0.3 is 0 Å². The van der Waals surface area contributed by atoms with Gasteiger partial charge in [-0.1, -0.05) is 0 Å². The molecule has 0 saturated heterocycles. The Morgan fingerprint density at radius 1 is 1.47 bits per heavy atom. The predicted octanol–water partition coefficient (Wildman–Crippen LogP) is 1.63. The summed E-state index contributed by atoms with van der Waals surface area (Å²) in [6.45, 7) is 3.76. The van der Waals surface area contributed by atoms with Crippen molar-refractivity contribution in [3.63, 3.8) is 0 Å². The number of nitriles is 1. The van der Waals surface area contributed by atoms with Crippen LogP contribution in [0.2, 0.25) is 0 Å². The van der Waals surface area contributed by atoms with Crippen molar-refractivity contribution in [3.8, 4) is 6.07 Å². The van der Waals surface area contributed by atoms with E-state index in [1.165, 1.54) is 12.1 Å². The van der Waals surface area contributed by atoms with E-state index in [1.807, 2.05) is 19.9 Å². The van der Waals surface area contributed by atoms with Crippen molar-refractivity contribution in [3.05, 3.63) is 29.6 Å². The molecule has 0 bridgehead atoms. The van der Waals surface area contributed by atoms with Gasteiger partial charge in [-0.05, 0) is 32.0 Å². The van der Waals surface area contributed by atoms with E-state index in [1.54, 1.807) is 0 Å². The lowest BCUT2D eigenvalue weighted by atomic mass is 10.2. The zero-order valence-electron chi connectivity index (χ0n) is 9.75. The molecule has 0 aliphatic rings. The summed E-state index contributed by atoms with van der Waals surface area (Å²) in [7, 11) is 0. The fourth-order valence-electron chi connectivity index (χ4n) is 1.31. The lowest BCUT2D eigenvalue weighted by Crippen LogP contribution is -2.34. The lowest BCUT2D eigenvalue weighted by molar-refractivity contribution is -0.119. The summed E-state index contributed by atoms with van der Waals surface area (Å²) in [6, 6.07) is 5.78. The molecule has 0 fully saturated rings. The van der Waals surface area contributed by atoms with Crippen molar-refractivity contribution < 1.29 is 9.18 Å². The van der Waals surface area contributed by atoms with E-state index in [4.69, 9.17) is 5.26 Å². The molecule has 90 valence electrons. The normalized spacial score (nSPS) is 9.82. The third-order valence-corrected chi connectivity index (χ3v) is 1.93. The Labute approximate surface area is 99.4 Å². The second-order valence-corrected chi connectivity index (χ2v) is 3.92. The Morgan fingerprint density at radius 3 is 2.76 bits per heavy atom. The first-order valence-electron chi connectivity index (χ1n) is 5.25. The number of anilines is 1. The van der Waals surface area contributed by atoms with Gasteiger partial charge < -0.3 is 10.6 Å². The standard InChI is InChI=1S/C12H14FN3O/c1-8(2)16-12(17)7-15-11-4-9(6-14)3-10(13)5-11/h3-5,8,15H,7H2,1-2H3,(H,16,17). The molecule has 17 heavy (non-hydrogen) atoms. The van der Waals surface area contributed by atoms with Crippen LogP contribution in [0, 0.1) is 17.1 Å². The zero-order valence-corrected chi connectivity index (χ0v) is 9.75. The highest BCUT2D eigenvalue weighted by atomic mass is 19.1. The van der Waals surface area contributed by atoms with Gasteiger partial charge in [0, 0.05) is 11.7 Å². The van der Waals surface area contributed by atoms with Gasteiger partial charge in [-0.2, -0.15) is 5.26 Å². The van der Waals surface area contributed by atoms with Gasteiger partial charge in [-0.25, -0.2) is 4.39 Å². The van der Waals surface area contributed by atoms with Crippen LogP contribution in [-0.4, -0.2) is 18.5 Å². The predicted molar refractivity (Wildman–Crippen MR) is 62.9 cm³/mol. The average molecular weight is 235 g/mol. The fourth-order valence-corrected chi connectivity index (χ4v) is 1.31. The maximum Gasteiger partial charge on any atom is 0.239 e. The van der Waals surface area contributed by atoms with Crippen LogP contribution in [0.25, 0.3) is 0 Å². The minimum atomic E-state index is -0.504.